The van der Waals surface area contributed by atoms with Crippen LogP contribution in [0.25, 0.3) is 0 Å². The van der Waals surface area contributed by atoms with Crippen LogP contribution in [0.1, 0.15) is 64.7 Å². The molecule has 3 atom stereocenters. The van der Waals surface area contributed by atoms with Crippen LogP contribution in [-0.4, -0.2) is 13.1 Å². The van der Waals surface area contributed by atoms with E-state index in [4.69, 9.17) is 0 Å². The SMILES string of the molecule is CCCCCCC(NC)C1C2CCCCC21. The predicted octanol–water partition coefficient (Wildman–Crippen LogP) is 3.98. The number of nitrogens with one attached hydrogen (secondary N) is 1. The number of hydrogen-bond acceptors (Lipinski definition) is 1. The molecule has 0 aromatic rings. The summed E-state index contributed by atoms with van der Waals surface area (Å²) < 4.78 is 0. The van der Waals surface area contributed by atoms with Crippen molar-refractivity contribution in [3.05, 3.63) is 0 Å². The van der Waals surface area contributed by atoms with Gasteiger partial charge in [-0.1, -0.05) is 45.4 Å². The fourth-order valence-corrected chi connectivity index (χ4v) is 3.96. The third kappa shape index (κ3) is 2.80. The van der Waals surface area contributed by atoms with Gasteiger partial charge in [0, 0.05) is 6.04 Å². The second kappa shape index (κ2) is 6.05. The van der Waals surface area contributed by atoms with Crippen molar-refractivity contribution in [1.82, 2.24) is 5.32 Å². The van der Waals surface area contributed by atoms with E-state index in [0.717, 1.165) is 23.8 Å². The first-order valence-corrected chi connectivity index (χ1v) is 7.55. The lowest BCUT2D eigenvalue weighted by Crippen LogP contribution is -2.28. The van der Waals surface area contributed by atoms with E-state index >= 15 is 0 Å². The number of unbranched alkanes of at least 4 members (excludes halogenated alkanes) is 3. The molecule has 0 amide bonds. The average Bonchev–Trinajstić information content (AvgIpc) is 3.04. The van der Waals surface area contributed by atoms with Crippen LogP contribution in [0.4, 0.5) is 0 Å². The molecular formula is C15H29N. The van der Waals surface area contributed by atoms with Crippen LogP contribution >= 0.6 is 0 Å². The maximum atomic E-state index is 3.60. The molecule has 3 unspecified atom stereocenters. The Morgan fingerprint density at radius 1 is 1.06 bits per heavy atom. The maximum Gasteiger partial charge on any atom is 0.00978 e. The van der Waals surface area contributed by atoms with Crippen molar-refractivity contribution in [1.29, 1.82) is 0 Å². The van der Waals surface area contributed by atoms with E-state index < -0.39 is 0 Å². The smallest absolute Gasteiger partial charge is 0.00978 e. The van der Waals surface area contributed by atoms with Gasteiger partial charge in [-0.3, -0.25) is 0 Å². The van der Waals surface area contributed by atoms with Crippen molar-refractivity contribution >= 4 is 0 Å². The predicted molar refractivity (Wildman–Crippen MR) is 70.5 cm³/mol. The fourth-order valence-electron chi connectivity index (χ4n) is 3.96. The van der Waals surface area contributed by atoms with E-state index in [1.54, 1.807) is 0 Å². The first-order valence-electron chi connectivity index (χ1n) is 7.55. The van der Waals surface area contributed by atoms with E-state index in [2.05, 4.69) is 19.3 Å². The molecule has 0 heterocycles. The molecule has 1 heteroatoms. The summed E-state index contributed by atoms with van der Waals surface area (Å²) >= 11 is 0. The van der Waals surface area contributed by atoms with Crippen molar-refractivity contribution in [2.75, 3.05) is 7.05 Å². The lowest BCUT2D eigenvalue weighted by molar-refractivity contribution is 0.416. The van der Waals surface area contributed by atoms with Gasteiger partial charge < -0.3 is 5.32 Å². The minimum absolute atomic E-state index is 0.838. The van der Waals surface area contributed by atoms with Gasteiger partial charge in [-0.25, -0.2) is 0 Å². The van der Waals surface area contributed by atoms with Gasteiger partial charge in [-0.15, -0.1) is 0 Å². The molecule has 2 fully saturated rings. The molecule has 1 N–H and O–H groups in total. The van der Waals surface area contributed by atoms with Crippen LogP contribution in [0.2, 0.25) is 0 Å². The third-order valence-corrected chi connectivity index (χ3v) is 4.93. The van der Waals surface area contributed by atoms with Crippen LogP contribution < -0.4 is 5.32 Å². The molecule has 16 heavy (non-hydrogen) atoms. The van der Waals surface area contributed by atoms with Crippen LogP contribution in [0.3, 0.4) is 0 Å². The lowest BCUT2D eigenvalue weighted by Gasteiger charge is -2.16. The topological polar surface area (TPSA) is 12.0 Å². The molecule has 0 aromatic carbocycles. The number of rotatable bonds is 7. The third-order valence-electron chi connectivity index (χ3n) is 4.93. The van der Waals surface area contributed by atoms with Gasteiger partial charge in [0.2, 0.25) is 0 Å². The summed E-state index contributed by atoms with van der Waals surface area (Å²) in [6.45, 7) is 2.30. The Bertz CT molecular complexity index is 190. The Kier molecular flexibility index (Phi) is 4.69. The normalized spacial score (nSPS) is 34.5. The highest BCUT2D eigenvalue weighted by Crippen LogP contribution is 2.57. The van der Waals surface area contributed by atoms with Gasteiger partial charge in [0.25, 0.3) is 0 Å². The first-order chi connectivity index (χ1) is 7.88. The molecular weight excluding hydrogens is 194 g/mol. The van der Waals surface area contributed by atoms with E-state index in [1.807, 2.05) is 0 Å². The Labute approximate surface area is 101 Å². The molecule has 2 rings (SSSR count). The Morgan fingerprint density at radius 3 is 2.31 bits per heavy atom. The van der Waals surface area contributed by atoms with E-state index in [0.29, 0.717) is 0 Å². The quantitative estimate of drug-likeness (QED) is 0.644. The van der Waals surface area contributed by atoms with Crippen LogP contribution in [-0.2, 0) is 0 Å². The summed E-state index contributed by atoms with van der Waals surface area (Å²) in [5.74, 6) is 3.27. The van der Waals surface area contributed by atoms with Gasteiger partial charge in [0.15, 0.2) is 0 Å². The van der Waals surface area contributed by atoms with Crippen molar-refractivity contribution in [3.63, 3.8) is 0 Å². The molecule has 1 nitrogen and oxygen atoms in total. The minimum Gasteiger partial charge on any atom is -0.317 e. The molecule has 2 aliphatic rings. The Hall–Kier alpha value is -0.0400. The maximum absolute atomic E-state index is 3.60. The molecule has 0 bridgehead atoms. The van der Waals surface area contributed by atoms with Crippen molar-refractivity contribution in [2.24, 2.45) is 17.8 Å². The summed E-state index contributed by atoms with van der Waals surface area (Å²) in [4.78, 5) is 0. The van der Waals surface area contributed by atoms with Crippen molar-refractivity contribution < 1.29 is 0 Å². The molecule has 0 aromatic heterocycles. The zero-order valence-electron chi connectivity index (χ0n) is 11.2. The van der Waals surface area contributed by atoms with E-state index in [9.17, 15) is 0 Å². The highest BCUT2D eigenvalue weighted by Gasteiger charge is 2.53. The molecule has 2 aliphatic carbocycles. The monoisotopic (exact) mass is 223 g/mol. The average molecular weight is 223 g/mol. The lowest BCUT2D eigenvalue weighted by atomic mass is 10.0. The molecule has 0 aliphatic heterocycles. The van der Waals surface area contributed by atoms with Crippen LogP contribution in [0, 0.1) is 17.8 Å². The highest BCUT2D eigenvalue weighted by atomic mass is 14.9. The van der Waals surface area contributed by atoms with Gasteiger partial charge in [0.05, 0.1) is 0 Å². The molecule has 0 spiro atoms. The van der Waals surface area contributed by atoms with Crippen LogP contribution in [0.5, 0.6) is 0 Å². The summed E-state index contributed by atoms with van der Waals surface area (Å²) in [5.41, 5.74) is 0. The van der Waals surface area contributed by atoms with E-state index in [-0.39, 0.29) is 0 Å². The summed E-state index contributed by atoms with van der Waals surface area (Å²) in [7, 11) is 2.18. The van der Waals surface area contributed by atoms with Gasteiger partial charge in [-0.05, 0) is 44.1 Å². The minimum atomic E-state index is 0.838. The highest BCUT2D eigenvalue weighted by molar-refractivity contribution is 5.04. The fraction of sp³-hybridized carbons (Fsp3) is 1.00. The zero-order chi connectivity index (χ0) is 11.4. The molecule has 0 saturated heterocycles. The number of hydrogen-bond donors (Lipinski definition) is 1. The molecule has 94 valence electrons. The Morgan fingerprint density at radius 2 is 1.75 bits per heavy atom. The van der Waals surface area contributed by atoms with Crippen LogP contribution in [0.15, 0.2) is 0 Å². The van der Waals surface area contributed by atoms with Gasteiger partial charge in [-0.2, -0.15) is 0 Å². The summed E-state index contributed by atoms with van der Waals surface area (Å²) in [5, 5.41) is 3.60. The van der Waals surface area contributed by atoms with E-state index in [1.165, 1.54) is 57.8 Å². The standard InChI is InChI=1S/C15H29N/c1-3-4-5-6-11-14(16-2)15-12-9-7-8-10-13(12)15/h12-16H,3-11H2,1-2H3. The molecule has 0 radical (unpaired) electrons. The summed E-state index contributed by atoms with van der Waals surface area (Å²) in [6.07, 6.45) is 13.2. The zero-order valence-corrected chi connectivity index (χ0v) is 11.2. The Balaban J connectivity index is 1.69. The first kappa shape index (κ1) is 12.4. The summed E-state index contributed by atoms with van der Waals surface area (Å²) in [6, 6.07) is 0.838. The largest absolute Gasteiger partial charge is 0.317 e. The van der Waals surface area contributed by atoms with Gasteiger partial charge >= 0.3 is 0 Å². The van der Waals surface area contributed by atoms with Crippen molar-refractivity contribution in [2.45, 2.75) is 70.8 Å². The second-order valence-electron chi connectivity index (χ2n) is 5.93. The van der Waals surface area contributed by atoms with Crippen molar-refractivity contribution in [3.8, 4) is 0 Å². The molecule has 2 saturated carbocycles. The number of fused-ring (bicyclic) bond motifs is 1. The second-order valence-corrected chi connectivity index (χ2v) is 5.93. The van der Waals surface area contributed by atoms with Gasteiger partial charge in [0.1, 0.15) is 0 Å².